The number of rotatable bonds is 5. The molecule has 1 unspecified atom stereocenters. The van der Waals surface area contributed by atoms with Crippen molar-refractivity contribution < 1.29 is 24.1 Å². The fourth-order valence-electron chi connectivity index (χ4n) is 2.43. The van der Waals surface area contributed by atoms with Gasteiger partial charge in [-0.3, -0.25) is 4.79 Å². The molecule has 110 valence electrons. The molecule has 1 N–H and O–H groups in total. The molecule has 1 fully saturated rings. The van der Waals surface area contributed by atoms with Gasteiger partial charge in [0.15, 0.2) is 0 Å². The lowest BCUT2D eigenvalue weighted by atomic mass is 9.86. The van der Waals surface area contributed by atoms with Crippen molar-refractivity contribution in [2.45, 2.75) is 12.8 Å². The molecular weight excluding hydrogens is 260 g/mol. The fourth-order valence-corrected chi connectivity index (χ4v) is 2.43. The number of ether oxygens (including phenoxy) is 3. The number of benzene rings is 1. The minimum Gasteiger partial charge on any atom is -0.508 e. The summed E-state index contributed by atoms with van der Waals surface area (Å²) < 4.78 is 15.8. The predicted molar refractivity (Wildman–Crippen MR) is 72.7 cm³/mol. The number of esters is 1. The first kappa shape index (κ1) is 14.7. The van der Waals surface area contributed by atoms with E-state index in [1.54, 1.807) is 18.2 Å². The average Bonchev–Trinajstić information content (AvgIpc) is 2.48. The van der Waals surface area contributed by atoms with Crippen molar-refractivity contribution in [2.24, 2.45) is 11.8 Å². The van der Waals surface area contributed by atoms with Crippen LogP contribution in [-0.2, 0) is 14.3 Å². The standard InChI is InChI=1S/C15H20O5/c1-18-15(17)14(11-5-7-19-8-6-11)10-20-13-4-2-3-12(16)9-13/h2-4,9,11,14,16H,5-8,10H2,1H3. The molecule has 20 heavy (non-hydrogen) atoms. The van der Waals surface area contributed by atoms with Gasteiger partial charge in [-0.05, 0) is 30.9 Å². The maximum atomic E-state index is 11.9. The van der Waals surface area contributed by atoms with Gasteiger partial charge >= 0.3 is 5.97 Å². The van der Waals surface area contributed by atoms with E-state index in [0.717, 1.165) is 12.8 Å². The maximum Gasteiger partial charge on any atom is 0.312 e. The van der Waals surface area contributed by atoms with Crippen LogP contribution in [0.25, 0.3) is 0 Å². The number of phenols is 1. The maximum absolute atomic E-state index is 11.9. The molecule has 0 spiro atoms. The normalized spacial score (nSPS) is 17.4. The van der Waals surface area contributed by atoms with Crippen molar-refractivity contribution in [2.75, 3.05) is 26.9 Å². The number of hydrogen-bond acceptors (Lipinski definition) is 5. The summed E-state index contributed by atoms with van der Waals surface area (Å²) in [6.45, 7) is 1.59. The van der Waals surface area contributed by atoms with E-state index in [0.29, 0.717) is 19.0 Å². The zero-order valence-electron chi connectivity index (χ0n) is 11.6. The lowest BCUT2D eigenvalue weighted by molar-refractivity contribution is -0.150. The third-order valence-electron chi connectivity index (χ3n) is 3.59. The Morgan fingerprint density at radius 1 is 1.45 bits per heavy atom. The number of aromatic hydroxyl groups is 1. The van der Waals surface area contributed by atoms with Gasteiger partial charge in [-0.15, -0.1) is 0 Å². The second kappa shape index (κ2) is 7.14. The number of phenolic OH excluding ortho intramolecular Hbond substituents is 1. The second-order valence-electron chi connectivity index (χ2n) is 4.89. The Morgan fingerprint density at radius 3 is 2.85 bits per heavy atom. The van der Waals surface area contributed by atoms with Crippen molar-refractivity contribution in [3.8, 4) is 11.5 Å². The molecule has 0 aromatic heterocycles. The summed E-state index contributed by atoms with van der Waals surface area (Å²) in [5, 5.41) is 9.39. The van der Waals surface area contributed by atoms with Crippen LogP contribution in [0.5, 0.6) is 11.5 Å². The quantitative estimate of drug-likeness (QED) is 0.836. The van der Waals surface area contributed by atoms with E-state index in [9.17, 15) is 9.90 Å². The zero-order valence-corrected chi connectivity index (χ0v) is 11.6. The molecular formula is C15H20O5. The number of hydrogen-bond donors (Lipinski definition) is 1. The third-order valence-corrected chi connectivity index (χ3v) is 3.59. The molecule has 1 aliphatic heterocycles. The Bertz CT molecular complexity index is 440. The lowest BCUT2D eigenvalue weighted by Crippen LogP contribution is -2.34. The molecule has 0 aliphatic carbocycles. The van der Waals surface area contributed by atoms with Crippen LogP contribution in [0.15, 0.2) is 24.3 Å². The smallest absolute Gasteiger partial charge is 0.312 e. The van der Waals surface area contributed by atoms with Crippen molar-refractivity contribution in [1.82, 2.24) is 0 Å². The van der Waals surface area contributed by atoms with E-state index >= 15 is 0 Å². The van der Waals surface area contributed by atoms with Gasteiger partial charge in [0, 0.05) is 19.3 Å². The predicted octanol–water partition coefficient (Wildman–Crippen LogP) is 1.99. The summed E-state index contributed by atoms with van der Waals surface area (Å²) in [5.41, 5.74) is 0. The molecule has 0 amide bonds. The molecule has 5 heteroatoms. The number of carbonyl (C=O) groups excluding carboxylic acids is 1. The summed E-state index contributed by atoms with van der Waals surface area (Å²) >= 11 is 0. The molecule has 1 aliphatic rings. The second-order valence-corrected chi connectivity index (χ2v) is 4.89. The number of carbonyl (C=O) groups is 1. The summed E-state index contributed by atoms with van der Waals surface area (Å²) in [5.74, 6) is 0.353. The van der Waals surface area contributed by atoms with Gasteiger partial charge in [0.05, 0.1) is 13.0 Å². The Labute approximate surface area is 118 Å². The van der Waals surface area contributed by atoms with E-state index in [1.165, 1.54) is 13.2 Å². The summed E-state index contributed by atoms with van der Waals surface area (Å²) in [4.78, 5) is 11.9. The van der Waals surface area contributed by atoms with Gasteiger partial charge in [0.25, 0.3) is 0 Å². The highest BCUT2D eigenvalue weighted by Gasteiger charge is 2.31. The third kappa shape index (κ3) is 3.87. The summed E-state index contributed by atoms with van der Waals surface area (Å²) in [6.07, 6.45) is 1.67. The van der Waals surface area contributed by atoms with E-state index in [1.807, 2.05) is 0 Å². The molecule has 0 radical (unpaired) electrons. The Morgan fingerprint density at radius 2 is 2.20 bits per heavy atom. The summed E-state index contributed by atoms with van der Waals surface area (Å²) in [7, 11) is 1.39. The van der Waals surface area contributed by atoms with Crippen LogP contribution in [0.3, 0.4) is 0 Å². The minimum atomic E-state index is -0.300. The van der Waals surface area contributed by atoms with Crippen LogP contribution < -0.4 is 4.74 Å². The van der Waals surface area contributed by atoms with Crippen LogP contribution in [0, 0.1) is 11.8 Å². The van der Waals surface area contributed by atoms with Crippen LogP contribution in [0.1, 0.15) is 12.8 Å². The average molecular weight is 280 g/mol. The molecule has 1 saturated heterocycles. The van der Waals surface area contributed by atoms with Gasteiger partial charge in [-0.25, -0.2) is 0 Å². The molecule has 0 bridgehead atoms. The van der Waals surface area contributed by atoms with Gasteiger partial charge < -0.3 is 19.3 Å². The zero-order chi connectivity index (χ0) is 14.4. The van der Waals surface area contributed by atoms with Crippen molar-refractivity contribution >= 4 is 5.97 Å². The topological polar surface area (TPSA) is 65.0 Å². The minimum absolute atomic E-state index is 0.142. The van der Waals surface area contributed by atoms with E-state index < -0.39 is 0 Å². The van der Waals surface area contributed by atoms with Crippen molar-refractivity contribution in [1.29, 1.82) is 0 Å². The van der Waals surface area contributed by atoms with E-state index in [4.69, 9.17) is 14.2 Å². The van der Waals surface area contributed by atoms with E-state index in [2.05, 4.69) is 0 Å². The molecule has 2 rings (SSSR count). The highest BCUT2D eigenvalue weighted by molar-refractivity contribution is 5.72. The molecule has 0 saturated carbocycles. The van der Waals surface area contributed by atoms with Crippen LogP contribution in [-0.4, -0.2) is 38.0 Å². The first-order valence-corrected chi connectivity index (χ1v) is 6.78. The fraction of sp³-hybridized carbons (Fsp3) is 0.533. The lowest BCUT2D eigenvalue weighted by Gasteiger charge is -2.28. The van der Waals surface area contributed by atoms with Gasteiger partial charge in [0.2, 0.25) is 0 Å². The first-order valence-electron chi connectivity index (χ1n) is 6.78. The molecule has 5 nitrogen and oxygen atoms in total. The molecule has 1 heterocycles. The molecule has 1 aromatic rings. The molecule has 1 atom stereocenters. The number of methoxy groups -OCH3 is 1. The summed E-state index contributed by atoms with van der Waals surface area (Å²) in [6, 6.07) is 6.55. The SMILES string of the molecule is COC(=O)C(COc1cccc(O)c1)C1CCOCC1. The van der Waals surface area contributed by atoms with Crippen molar-refractivity contribution in [3.63, 3.8) is 0 Å². The Kier molecular flexibility index (Phi) is 5.24. The van der Waals surface area contributed by atoms with E-state index in [-0.39, 0.29) is 30.2 Å². The van der Waals surface area contributed by atoms with Gasteiger partial charge in [-0.1, -0.05) is 6.07 Å². The van der Waals surface area contributed by atoms with Gasteiger partial charge in [0.1, 0.15) is 18.1 Å². The highest BCUT2D eigenvalue weighted by atomic mass is 16.5. The monoisotopic (exact) mass is 280 g/mol. The van der Waals surface area contributed by atoms with Crippen LogP contribution in [0.4, 0.5) is 0 Å². The largest absolute Gasteiger partial charge is 0.508 e. The highest BCUT2D eigenvalue weighted by Crippen LogP contribution is 2.26. The van der Waals surface area contributed by atoms with Crippen LogP contribution in [0.2, 0.25) is 0 Å². The molecule has 1 aromatic carbocycles. The van der Waals surface area contributed by atoms with Gasteiger partial charge in [-0.2, -0.15) is 0 Å². The Hall–Kier alpha value is -1.75. The van der Waals surface area contributed by atoms with Crippen LogP contribution >= 0.6 is 0 Å². The Balaban J connectivity index is 1.98. The van der Waals surface area contributed by atoms with Crippen molar-refractivity contribution in [3.05, 3.63) is 24.3 Å². The first-order chi connectivity index (χ1) is 9.70.